The lowest BCUT2D eigenvalue weighted by Crippen LogP contribution is -2.47. The average Bonchev–Trinajstić information content (AvgIpc) is 2.65. The minimum Gasteiger partial charge on any atom is -0.497 e. The van der Waals surface area contributed by atoms with E-state index in [0.29, 0.717) is 13.1 Å². The van der Waals surface area contributed by atoms with Crippen LogP contribution in [0.4, 0.5) is 4.79 Å². The smallest absolute Gasteiger partial charge is 0.317 e. The molecule has 0 bridgehead atoms. The summed E-state index contributed by atoms with van der Waals surface area (Å²) in [5.41, 5.74) is 1.08. The van der Waals surface area contributed by atoms with E-state index < -0.39 is 0 Å². The number of nitrogens with one attached hydrogen (secondary N) is 1. The molecular weight excluding hydrogens is 304 g/mol. The van der Waals surface area contributed by atoms with Gasteiger partial charge in [-0.1, -0.05) is 18.2 Å². The lowest BCUT2D eigenvalue weighted by Gasteiger charge is -2.31. The Kier molecular flexibility index (Phi) is 5.20. The Labute approximate surface area is 142 Å². The normalized spacial score (nSPS) is 17.8. The number of carbonyl (C=O) groups is 1. The Balaban J connectivity index is 1.61. The molecule has 1 heterocycles. The monoisotopic (exact) mass is 328 g/mol. The molecule has 1 fully saturated rings. The molecule has 5 nitrogen and oxygen atoms in total. The fourth-order valence-corrected chi connectivity index (χ4v) is 3.11. The molecule has 1 atom stereocenters. The molecule has 2 amide bonds. The number of methoxy groups -OCH3 is 2. The van der Waals surface area contributed by atoms with E-state index in [1.165, 1.54) is 0 Å². The van der Waals surface area contributed by atoms with Gasteiger partial charge < -0.3 is 19.7 Å². The maximum Gasteiger partial charge on any atom is 0.317 e. The number of carbonyl (C=O) groups excluding carboxylic acids is 1. The number of fused-ring (bicyclic) bond motifs is 1. The third kappa shape index (κ3) is 3.79. The van der Waals surface area contributed by atoms with Crippen LogP contribution in [0, 0.1) is 0 Å². The predicted molar refractivity (Wildman–Crippen MR) is 94.3 cm³/mol. The fourth-order valence-electron chi connectivity index (χ4n) is 3.11. The van der Waals surface area contributed by atoms with Crippen molar-refractivity contribution in [3.63, 3.8) is 0 Å². The number of nitrogens with zero attached hydrogens (tertiary/aromatic N) is 1. The van der Waals surface area contributed by atoms with Crippen molar-refractivity contribution in [1.29, 1.82) is 0 Å². The first-order valence-corrected chi connectivity index (χ1v) is 8.32. The summed E-state index contributed by atoms with van der Waals surface area (Å²) in [6.45, 7) is 1.98. The Morgan fingerprint density at radius 1 is 1.21 bits per heavy atom. The van der Waals surface area contributed by atoms with Gasteiger partial charge in [0.2, 0.25) is 0 Å². The van der Waals surface area contributed by atoms with Crippen LogP contribution in [0.15, 0.2) is 36.4 Å². The highest BCUT2D eigenvalue weighted by molar-refractivity contribution is 5.84. The number of hydrogen-bond donors (Lipinski definition) is 1. The van der Waals surface area contributed by atoms with Gasteiger partial charge in [0, 0.05) is 26.7 Å². The molecule has 3 rings (SSSR count). The molecule has 1 aliphatic heterocycles. The van der Waals surface area contributed by atoms with Crippen molar-refractivity contribution >= 4 is 16.8 Å². The van der Waals surface area contributed by atoms with E-state index in [9.17, 15) is 4.79 Å². The Morgan fingerprint density at radius 2 is 2.00 bits per heavy atom. The molecule has 0 aliphatic carbocycles. The summed E-state index contributed by atoms with van der Waals surface area (Å²) in [5.74, 6) is 0.848. The van der Waals surface area contributed by atoms with Crippen LogP contribution in [0.2, 0.25) is 0 Å². The molecule has 1 saturated heterocycles. The summed E-state index contributed by atoms with van der Waals surface area (Å²) in [7, 11) is 3.37. The summed E-state index contributed by atoms with van der Waals surface area (Å²) >= 11 is 0. The van der Waals surface area contributed by atoms with Crippen LogP contribution in [0.5, 0.6) is 5.75 Å². The SMILES string of the molecule is COc1ccc2cc(CNC(=O)N3CCCC(OC)C3)ccc2c1. The highest BCUT2D eigenvalue weighted by Crippen LogP contribution is 2.22. The van der Waals surface area contributed by atoms with Gasteiger partial charge in [-0.2, -0.15) is 0 Å². The van der Waals surface area contributed by atoms with Gasteiger partial charge in [-0.25, -0.2) is 4.79 Å². The van der Waals surface area contributed by atoms with Gasteiger partial charge in [-0.05, 0) is 47.4 Å². The topological polar surface area (TPSA) is 50.8 Å². The van der Waals surface area contributed by atoms with Crippen molar-refractivity contribution in [1.82, 2.24) is 10.2 Å². The second kappa shape index (κ2) is 7.53. The summed E-state index contributed by atoms with van der Waals surface area (Å²) < 4.78 is 10.6. The molecule has 2 aromatic carbocycles. The number of urea groups is 1. The first-order valence-electron chi connectivity index (χ1n) is 8.32. The number of likely N-dealkylation sites (tertiary alicyclic amines) is 1. The van der Waals surface area contributed by atoms with Crippen molar-refractivity contribution in [2.24, 2.45) is 0 Å². The lowest BCUT2D eigenvalue weighted by atomic mass is 10.1. The summed E-state index contributed by atoms with van der Waals surface area (Å²) in [5, 5.41) is 5.27. The molecule has 1 aliphatic rings. The number of benzene rings is 2. The summed E-state index contributed by atoms with van der Waals surface area (Å²) in [6.07, 6.45) is 2.16. The second-order valence-electron chi connectivity index (χ2n) is 6.15. The number of hydrogen-bond acceptors (Lipinski definition) is 3. The standard InChI is InChI=1S/C19H24N2O3/c1-23-17-8-7-15-10-14(5-6-16(15)11-17)12-20-19(22)21-9-3-4-18(13-21)24-2/h5-8,10-11,18H,3-4,9,12-13H2,1-2H3,(H,20,22). The highest BCUT2D eigenvalue weighted by atomic mass is 16.5. The van der Waals surface area contributed by atoms with Crippen LogP contribution >= 0.6 is 0 Å². The molecule has 0 radical (unpaired) electrons. The van der Waals surface area contributed by atoms with Crippen LogP contribution in [0.25, 0.3) is 10.8 Å². The third-order valence-corrected chi connectivity index (χ3v) is 4.55. The van der Waals surface area contributed by atoms with E-state index in [0.717, 1.165) is 41.5 Å². The molecule has 24 heavy (non-hydrogen) atoms. The van der Waals surface area contributed by atoms with Crippen LogP contribution in [0.3, 0.4) is 0 Å². The van der Waals surface area contributed by atoms with Crippen molar-refractivity contribution < 1.29 is 14.3 Å². The summed E-state index contributed by atoms with van der Waals surface area (Å²) in [4.78, 5) is 14.2. The number of piperidine rings is 1. The number of ether oxygens (including phenoxy) is 2. The zero-order valence-corrected chi connectivity index (χ0v) is 14.2. The molecule has 5 heteroatoms. The van der Waals surface area contributed by atoms with Crippen molar-refractivity contribution in [3.05, 3.63) is 42.0 Å². The Hall–Kier alpha value is -2.27. The maximum atomic E-state index is 12.3. The van der Waals surface area contributed by atoms with Crippen LogP contribution in [-0.2, 0) is 11.3 Å². The predicted octanol–water partition coefficient (Wildman–Crippen LogP) is 3.17. The van der Waals surface area contributed by atoms with Crippen molar-refractivity contribution in [2.75, 3.05) is 27.3 Å². The van der Waals surface area contributed by atoms with Gasteiger partial charge in [-0.3, -0.25) is 0 Å². The molecule has 0 aromatic heterocycles. The van der Waals surface area contributed by atoms with Gasteiger partial charge >= 0.3 is 6.03 Å². The highest BCUT2D eigenvalue weighted by Gasteiger charge is 2.23. The third-order valence-electron chi connectivity index (χ3n) is 4.55. The van der Waals surface area contributed by atoms with E-state index in [1.807, 2.05) is 29.2 Å². The number of rotatable bonds is 4. The van der Waals surface area contributed by atoms with Gasteiger partial charge in [0.05, 0.1) is 13.2 Å². The van der Waals surface area contributed by atoms with E-state index in [1.54, 1.807) is 14.2 Å². The van der Waals surface area contributed by atoms with Gasteiger partial charge in [0.1, 0.15) is 5.75 Å². The Morgan fingerprint density at radius 3 is 2.79 bits per heavy atom. The quantitative estimate of drug-likeness (QED) is 0.938. The second-order valence-corrected chi connectivity index (χ2v) is 6.15. The fraction of sp³-hybridized carbons (Fsp3) is 0.421. The molecule has 0 saturated carbocycles. The minimum absolute atomic E-state index is 0.0217. The number of amides is 2. The zero-order valence-electron chi connectivity index (χ0n) is 14.2. The molecule has 0 spiro atoms. The molecule has 2 aromatic rings. The largest absolute Gasteiger partial charge is 0.497 e. The van der Waals surface area contributed by atoms with Gasteiger partial charge in [0.25, 0.3) is 0 Å². The maximum absolute atomic E-state index is 12.3. The van der Waals surface area contributed by atoms with E-state index in [4.69, 9.17) is 9.47 Å². The molecule has 128 valence electrons. The molecular formula is C19H24N2O3. The molecule has 1 N–H and O–H groups in total. The van der Waals surface area contributed by atoms with E-state index in [-0.39, 0.29) is 12.1 Å². The van der Waals surface area contributed by atoms with Crippen LogP contribution in [0.1, 0.15) is 18.4 Å². The molecule has 1 unspecified atom stereocenters. The van der Waals surface area contributed by atoms with Crippen LogP contribution < -0.4 is 10.1 Å². The van der Waals surface area contributed by atoms with E-state index >= 15 is 0 Å². The summed E-state index contributed by atoms with van der Waals surface area (Å²) in [6, 6.07) is 12.2. The average molecular weight is 328 g/mol. The van der Waals surface area contributed by atoms with Gasteiger partial charge in [-0.15, -0.1) is 0 Å². The zero-order chi connectivity index (χ0) is 16.9. The van der Waals surface area contributed by atoms with Crippen LogP contribution in [-0.4, -0.2) is 44.3 Å². The van der Waals surface area contributed by atoms with E-state index in [2.05, 4.69) is 17.4 Å². The Bertz CT molecular complexity index is 717. The minimum atomic E-state index is -0.0217. The van der Waals surface area contributed by atoms with Crippen molar-refractivity contribution in [3.8, 4) is 5.75 Å². The first-order chi connectivity index (χ1) is 11.7. The lowest BCUT2D eigenvalue weighted by molar-refractivity contribution is 0.0434. The first kappa shape index (κ1) is 16.6. The van der Waals surface area contributed by atoms with Gasteiger partial charge in [0.15, 0.2) is 0 Å². The van der Waals surface area contributed by atoms with Crippen molar-refractivity contribution in [2.45, 2.75) is 25.5 Å².